The maximum absolute atomic E-state index is 10.9. The minimum Gasteiger partial charge on any atom is -0.481 e. The summed E-state index contributed by atoms with van der Waals surface area (Å²) in [5, 5.41) is 9.01. The maximum atomic E-state index is 10.9. The molecule has 0 aliphatic rings. The fourth-order valence-electron chi connectivity index (χ4n) is 1.53. The van der Waals surface area contributed by atoms with Gasteiger partial charge in [-0.2, -0.15) is 0 Å². The number of rotatable bonds is 5. The molecular weight excluding hydrogens is 164 g/mol. The number of carboxylic acid groups (broad SMARTS) is 1. The van der Waals surface area contributed by atoms with E-state index in [0.29, 0.717) is 0 Å². The van der Waals surface area contributed by atoms with Crippen LogP contribution in [-0.4, -0.2) is 11.1 Å². The molecule has 1 atom stereocenters. The number of carbonyl (C=O) groups is 1. The molecule has 0 aliphatic carbocycles. The van der Waals surface area contributed by atoms with E-state index in [0.717, 1.165) is 25.7 Å². The molecule has 0 heterocycles. The Labute approximate surface area is 81.3 Å². The molecule has 0 saturated heterocycles. The molecule has 78 valence electrons. The Bertz CT molecular complexity index is 156. The first-order chi connectivity index (χ1) is 5.89. The molecule has 1 N–H and O–H groups in total. The first-order valence-corrected chi connectivity index (χ1v) is 5.12. The summed E-state index contributed by atoms with van der Waals surface area (Å²) >= 11 is 0. The van der Waals surface area contributed by atoms with Gasteiger partial charge < -0.3 is 5.11 Å². The number of aliphatic carboxylic acids is 1. The lowest BCUT2D eigenvalue weighted by Gasteiger charge is -2.26. The zero-order valence-corrected chi connectivity index (χ0v) is 9.26. The lowest BCUT2D eigenvalue weighted by atomic mass is 9.78. The van der Waals surface area contributed by atoms with E-state index in [1.165, 1.54) is 0 Å². The second-order valence-electron chi connectivity index (χ2n) is 4.75. The van der Waals surface area contributed by atoms with Crippen molar-refractivity contribution in [2.24, 2.45) is 11.3 Å². The van der Waals surface area contributed by atoms with E-state index < -0.39 is 5.97 Å². The highest BCUT2D eigenvalue weighted by molar-refractivity contribution is 5.70. The first-order valence-electron chi connectivity index (χ1n) is 5.12. The third kappa shape index (κ3) is 4.91. The fraction of sp³-hybridized carbons (Fsp3) is 0.909. The highest BCUT2D eigenvalue weighted by Crippen LogP contribution is 2.30. The van der Waals surface area contributed by atoms with Gasteiger partial charge in [0.15, 0.2) is 0 Å². The summed E-state index contributed by atoms with van der Waals surface area (Å²) in [7, 11) is 0. The summed E-state index contributed by atoms with van der Waals surface area (Å²) in [5.41, 5.74) is -0.112. The molecule has 0 amide bonds. The molecule has 13 heavy (non-hydrogen) atoms. The van der Waals surface area contributed by atoms with Gasteiger partial charge >= 0.3 is 5.97 Å². The molecule has 0 radical (unpaired) electrons. The minimum absolute atomic E-state index is 0.112. The van der Waals surface area contributed by atoms with Gasteiger partial charge in [0.1, 0.15) is 0 Å². The number of unbranched alkanes of at least 4 members (excludes halogenated alkanes) is 2. The monoisotopic (exact) mass is 186 g/mol. The van der Waals surface area contributed by atoms with Crippen LogP contribution in [0.4, 0.5) is 0 Å². The smallest absolute Gasteiger partial charge is 0.307 e. The Balaban J connectivity index is 4.04. The van der Waals surface area contributed by atoms with Crippen LogP contribution in [0.15, 0.2) is 0 Å². The minimum atomic E-state index is -0.649. The lowest BCUT2D eigenvalue weighted by molar-refractivity contribution is -0.145. The SMILES string of the molecule is CCCCCC(C(=O)O)C(C)(C)C. The average molecular weight is 186 g/mol. The molecular formula is C11H22O2. The van der Waals surface area contributed by atoms with Crippen LogP contribution in [0.2, 0.25) is 0 Å². The molecule has 2 heteroatoms. The van der Waals surface area contributed by atoms with Gasteiger partial charge in [-0.05, 0) is 11.8 Å². The average Bonchev–Trinajstić information content (AvgIpc) is 1.94. The highest BCUT2D eigenvalue weighted by Gasteiger charge is 2.30. The number of hydrogen-bond acceptors (Lipinski definition) is 1. The first kappa shape index (κ1) is 12.5. The van der Waals surface area contributed by atoms with Crippen molar-refractivity contribution in [1.29, 1.82) is 0 Å². The highest BCUT2D eigenvalue weighted by atomic mass is 16.4. The second kappa shape index (κ2) is 5.25. The van der Waals surface area contributed by atoms with Crippen LogP contribution in [-0.2, 0) is 4.79 Å². The van der Waals surface area contributed by atoms with Crippen molar-refractivity contribution < 1.29 is 9.90 Å². The fourth-order valence-corrected chi connectivity index (χ4v) is 1.53. The standard InChI is InChI=1S/C11H22O2/c1-5-6-7-8-9(10(12)13)11(2,3)4/h9H,5-8H2,1-4H3,(H,12,13). The molecule has 0 spiro atoms. The van der Waals surface area contributed by atoms with Crippen LogP contribution < -0.4 is 0 Å². The molecule has 0 aliphatic heterocycles. The topological polar surface area (TPSA) is 37.3 Å². The van der Waals surface area contributed by atoms with Crippen molar-refractivity contribution in [2.75, 3.05) is 0 Å². The number of hydrogen-bond donors (Lipinski definition) is 1. The molecule has 0 aromatic heterocycles. The largest absolute Gasteiger partial charge is 0.481 e. The summed E-state index contributed by atoms with van der Waals surface area (Å²) in [6.45, 7) is 8.13. The van der Waals surface area contributed by atoms with Gasteiger partial charge in [-0.15, -0.1) is 0 Å². The molecule has 0 rings (SSSR count). The van der Waals surface area contributed by atoms with Crippen LogP contribution in [0.1, 0.15) is 53.4 Å². The van der Waals surface area contributed by atoms with Gasteiger partial charge in [-0.1, -0.05) is 47.0 Å². The van der Waals surface area contributed by atoms with Crippen molar-refractivity contribution in [2.45, 2.75) is 53.4 Å². The van der Waals surface area contributed by atoms with E-state index in [2.05, 4.69) is 6.92 Å². The van der Waals surface area contributed by atoms with Crippen LogP contribution in [0.25, 0.3) is 0 Å². The van der Waals surface area contributed by atoms with E-state index in [4.69, 9.17) is 5.11 Å². The molecule has 0 aromatic rings. The van der Waals surface area contributed by atoms with E-state index >= 15 is 0 Å². The summed E-state index contributed by atoms with van der Waals surface area (Å²) < 4.78 is 0. The predicted molar refractivity (Wildman–Crippen MR) is 54.7 cm³/mol. The Hall–Kier alpha value is -0.530. The van der Waals surface area contributed by atoms with Gasteiger partial charge in [-0.25, -0.2) is 0 Å². The van der Waals surface area contributed by atoms with Crippen LogP contribution in [0, 0.1) is 11.3 Å². The Morgan fingerprint density at radius 2 is 1.85 bits per heavy atom. The van der Waals surface area contributed by atoms with E-state index in [-0.39, 0.29) is 11.3 Å². The number of carboxylic acids is 1. The molecule has 0 fully saturated rings. The van der Waals surface area contributed by atoms with Crippen molar-refractivity contribution >= 4 is 5.97 Å². The second-order valence-corrected chi connectivity index (χ2v) is 4.75. The Morgan fingerprint density at radius 3 is 2.15 bits per heavy atom. The van der Waals surface area contributed by atoms with Crippen LogP contribution in [0.3, 0.4) is 0 Å². The van der Waals surface area contributed by atoms with Gasteiger partial charge in [-0.3, -0.25) is 4.79 Å². The molecule has 2 nitrogen and oxygen atoms in total. The van der Waals surface area contributed by atoms with Gasteiger partial charge in [0.05, 0.1) is 5.92 Å². The Morgan fingerprint density at radius 1 is 1.31 bits per heavy atom. The van der Waals surface area contributed by atoms with Crippen molar-refractivity contribution in [3.63, 3.8) is 0 Å². The van der Waals surface area contributed by atoms with Crippen molar-refractivity contribution in [3.8, 4) is 0 Å². The molecule has 0 saturated carbocycles. The third-order valence-corrected chi connectivity index (χ3v) is 2.44. The van der Waals surface area contributed by atoms with E-state index in [1.54, 1.807) is 0 Å². The zero-order chi connectivity index (χ0) is 10.5. The lowest BCUT2D eigenvalue weighted by Crippen LogP contribution is -2.28. The summed E-state index contributed by atoms with van der Waals surface area (Å²) in [6.07, 6.45) is 4.13. The quantitative estimate of drug-likeness (QED) is 0.669. The predicted octanol–water partition coefficient (Wildman–Crippen LogP) is 3.31. The van der Waals surface area contributed by atoms with E-state index in [1.807, 2.05) is 20.8 Å². The van der Waals surface area contributed by atoms with Crippen molar-refractivity contribution in [3.05, 3.63) is 0 Å². The summed E-state index contributed by atoms with van der Waals surface area (Å²) in [4.78, 5) is 10.9. The Kier molecular flexibility index (Phi) is 5.04. The van der Waals surface area contributed by atoms with Gasteiger partial charge in [0.2, 0.25) is 0 Å². The third-order valence-electron chi connectivity index (χ3n) is 2.44. The zero-order valence-electron chi connectivity index (χ0n) is 9.26. The van der Waals surface area contributed by atoms with E-state index in [9.17, 15) is 4.79 Å². The molecule has 0 bridgehead atoms. The normalized spacial score (nSPS) is 14.2. The van der Waals surface area contributed by atoms with Crippen LogP contribution in [0.5, 0.6) is 0 Å². The summed E-state index contributed by atoms with van der Waals surface area (Å²) in [6, 6.07) is 0. The summed E-state index contributed by atoms with van der Waals surface area (Å²) in [5.74, 6) is -0.845. The van der Waals surface area contributed by atoms with Gasteiger partial charge in [0.25, 0.3) is 0 Å². The van der Waals surface area contributed by atoms with Crippen LogP contribution >= 0.6 is 0 Å². The van der Waals surface area contributed by atoms with Crippen molar-refractivity contribution in [1.82, 2.24) is 0 Å². The van der Waals surface area contributed by atoms with Gasteiger partial charge in [0, 0.05) is 0 Å². The molecule has 1 unspecified atom stereocenters. The molecule has 0 aromatic carbocycles. The maximum Gasteiger partial charge on any atom is 0.307 e.